The molecule has 0 aromatic rings. The molecule has 1 N–H and O–H groups in total. The Morgan fingerprint density at radius 3 is 2.24 bits per heavy atom. The van der Waals surface area contributed by atoms with Crippen LogP contribution < -0.4 is 5.32 Å². The van der Waals surface area contributed by atoms with E-state index in [1.54, 1.807) is 0 Å². The molecule has 2 heteroatoms. The molecule has 17 heavy (non-hydrogen) atoms. The number of rotatable bonds is 1. The van der Waals surface area contributed by atoms with Crippen molar-refractivity contribution >= 4 is 5.84 Å². The molecule has 0 aromatic heterocycles. The highest BCUT2D eigenvalue weighted by Gasteiger charge is 2.38. The van der Waals surface area contributed by atoms with Crippen LogP contribution in [0.5, 0.6) is 0 Å². The maximum Gasteiger partial charge on any atom is 0.0965 e. The monoisotopic (exact) mass is 236 g/mol. The van der Waals surface area contributed by atoms with Crippen molar-refractivity contribution in [1.29, 1.82) is 0 Å². The van der Waals surface area contributed by atoms with Crippen molar-refractivity contribution in [2.24, 2.45) is 15.8 Å². The van der Waals surface area contributed by atoms with E-state index in [-0.39, 0.29) is 0 Å². The van der Waals surface area contributed by atoms with Gasteiger partial charge in [0.05, 0.1) is 5.84 Å². The summed E-state index contributed by atoms with van der Waals surface area (Å²) >= 11 is 0. The molecule has 0 radical (unpaired) electrons. The normalized spacial score (nSPS) is 28.6. The third-order valence-electron chi connectivity index (χ3n) is 4.05. The van der Waals surface area contributed by atoms with E-state index in [9.17, 15) is 0 Å². The van der Waals surface area contributed by atoms with E-state index in [1.807, 2.05) is 0 Å². The first-order chi connectivity index (χ1) is 7.86. The summed E-state index contributed by atoms with van der Waals surface area (Å²) < 4.78 is 0. The molecule has 0 bridgehead atoms. The maximum absolute atomic E-state index is 4.62. The summed E-state index contributed by atoms with van der Waals surface area (Å²) in [4.78, 5) is 4.62. The quantitative estimate of drug-likeness (QED) is 0.736. The Morgan fingerprint density at radius 1 is 1.06 bits per heavy atom. The molecule has 0 saturated heterocycles. The molecule has 1 aliphatic heterocycles. The lowest BCUT2D eigenvalue weighted by Crippen LogP contribution is -2.46. The highest BCUT2D eigenvalue weighted by atomic mass is 15.0. The summed E-state index contributed by atoms with van der Waals surface area (Å²) in [5.74, 6) is 1.27. The summed E-state index contributed by atoms with van der Waals surface area (Å²) in [5.41, 5.74) is 0.934. The van der Waals surface area contributed by atoms with Crippen LogP contribution in [0.1, 0.15) is 66.2 Å². The van der Waals surface area contributed by atoms with Crippen molar-refractivity contribution in [3.05, 3.63) is 0 Å². The Hall–Kier alpha value is -0.530. The molecule has 0 unspecified atom stereocenters. The Balaban J connectivity index is 1.98. The minimum absolute atomic E-state index is 0.467. The van der Waals surface area contributed by atoms with Gasteiger partial charge in [0.15, 0.2) is 0 Å². The van der Waals surface area contributed by atoms with Gasteiger partial charge in [0.25, 0.3) is 0 Å². The molecule has 1 aliphatic carbocycles. The largest absolute Gasteiger partial charge is 0.371 e. The smallest absolute Gasteiger partial charge is 0.0965 e. The van der Waals surface area contributed by atoms with Crippen LogP contribution in [0.2, 0.25) is 0 Å². The van der Waals surface area contributed by atoms with Gasteiger partial charge in [0.1, 0.15) is 0 Å². The van der Waals surface area contributed by atoms with Gasteiger partial charge >= 0.3 is 0 Å². The molecule has 2 nitrogen and oxygen atoms in total. The predicted octanol–water partition coefficient (Wildman–Crippen LogP) is 3.76. The van der Waals surface area contributed by atoms with Crippen molar-refractivity contribution in [3.63, 3.8) is 0 Å². The van der Waals surface area contributed by atoms with Crippen LogP contribution in [0.25, 0.3) is 0 Å². The molecule has 1 saturated carbocycles. The summed E-state index contributed by atoms with van der Waals surface area (Å²) in [6.07, 6.45) is 7.66. The van der Waals surface area contributed by atoms with E-state index < -0.39 is 0 Å². The topological polar surface area (TPSA) is 24.4 Å². The van der Waals surface area contributed by atoms with E-state index in [1.165, 1.54) is 37.9 Å². The van der Waals surface area contributed by atoms with E-state index >= 15 is 0 Å². The van der Waals surface area contributed by atoms with Crippen LogP contribution in [-0.4, -0.2) is 18.4 Å². The van der Waals surface area contributed by atoms with Gasteiger partial charge in [0.2, 0.25) is 0 Å². The van der Waals surface area contributed by atoms with E-state index in [0.29, 0.717) is 16.9 Å². The van der Waals surface area contributed by atoms with Crippen LogP contribution in [0, 0.1) is 10.8 Å². The second-order valence-electron chi connectivity index (χ2n) is 7.54. The van der Waals surface area contributed by atoms with Crippen LogP contribution in [0.3, 0.4) is 0 Å². The molecular formula is C15H28N2. The average molecular weight is 236 g/mol. The van der Waals surface area contributed by atoms with Crippen molar-refractivity contribution in [2.75, 3.05) is 6.54 Å². The lowest BCUT2D eigenvalue weighted by atomic mass is 9.63. The number of aliphatic imine (C=N–C) groups is 1. The van der Waals surface area contributed by atoms with Gasteiger partial charge in [-0.25, -0.2) is 0 Å². The van der Waals surface area contributed by atoms with Gasteiger partial charge in [-0.15, -0.1) is 0 Å². The SMILES string of the molecule is CC1(C)CC(NC2=NCCCC2)CC(C)(C)C1. The summed E-state index contributed by atoms with van der Waals surface area (Å²) in [7, 11) is 0. The molecule has 2 rings (SSSR count). The molecule has 0 atom stereocenters. The molecule has 2 aliphatic rings. The molecule has 0 aromatic carbocycles. The lowest BCUT2D eigenvalue weighted by molar-refractivity contribution is 0.0919. The second kappa shape index (κ2) is 4.62. The van der Waals surface area contributed by atoms with Gasteiger partial charge < -0.3 is 5.32 Å². The molecule has 1 fully saturated rings. The Morgan fingerprint density at radius 2 is 1.71 bits per heavy atom. The number of amidine groups is 1. The zero-order valence-corrected chi connectivity index (χ0v) is 12.0. The first-order valence-electron chi connectivity index (χ1n) is 7.16. The predicted molar refractivity (Wildman–Crippen MR) is 74.5 cm³/mol. The van der Waals surface area contributed by atoms with Gasteiger partial charge in [-0.1, -0.05) is 27.7 Å². The standard InChI is InChI=1S/C15H28N2/c1-14(2)9-12(10-15(3,4)11-14)17-13-7-5-6-8-16-13/h12H,5-11H2,1-4H3,(H,16,17). The molecular weight excluding hydrogens is 208 g/mol. The molecule has 1 heterocycles. The van der Waals surface area contributed by atoms with Crippen LogP contribution in [0.4, 0.5) is 0 Å². The molecule has 0 amide bonds. The Labute approximate surface area is 106 Å². The maximum atomic E-state index is 4.62. The van der Waals surface area contributed by atoms with Gasteiger partial charge in [-0.05, 0) is 42.9 Å². The average Bonchev–Trinajstić information content (AvgIpc) is 2.13. The number of hydrogen-bond acceptors (Lipinski definition) is 2. The van der Waals surface area contributed by atoms with Crippen molar-refractivity contribution in [2.45, 2.75) is 72.3 Å². The van der Waals surface area contributed by atoms with Crippen LogP contribution in [-0.2, 0) is 0 Å². The first-order valence-corrected chi connectivity index (χ1v) is 7.16. The summed E-state index contributed by atoms with van der Waals surface area (Å²) in [5, 5.41) is 3.72. The van der Waals surface area contributed by atoms with E-state index in [0.717, 1.165) is 13.0 Å². The fourth-order valence-corrected chi connectivity index (χ4v) is 4.00. The fourth-order valence-electron chi connectivity index (χ4n) is 4.00. The second-order valence-corrected chi connectivity index (χ2v) is 7.54. The van der Waals surface area contributed by atoms with Gasteiger partial charge in [-0.2, -0.15) is 0 Å². The van der Waals surface area contributed by atoms with Crippen molar-refractivity contribution < 1.29 is 0 Å². The van der Waals surface area contributed by atoms with Crippen molar-refractivity contribution in [3.8, 4) is 0 Å². The molecule has 0 spiro atoms. The third-order valence-corrected chi connectivity index (χ3v) is 4.05. The zero-order chi connectivity index (χ0) is 12.5. The van der Waals surface area contributed by atoms with Crippen molar-refractivity contribution in [1.82, 2.24) is 5.32 Å². The summed E-state index contributed by atoms with van der Waals surface area (Å²) in [6.45, 7) is 10.7. The number of nitrogens with one attached hydrogen (secondary N) is 1. The van der Waals surface area contributed by atoms with E-state index in [4.69, 9.17) is 0 Å². The summed E-state index contributed by atoms with van der Waals surface area (Å²) in [6, 6.07) is 0.630. The number of hydrogen-bond donors (Lipinski definition) is 1. The van der Waals surface area contributed by atoms with Crippen LogP contribution >= 0.6 is 0 Å². The molecule has 98 valence electrons. The lowest BCUT2D eigenvalue weighted by Gasteiger charge is -2.45. The zero-order valence-electron chi connectivity index (χ0n) is 12.0. The highest BCUT2D eigenvalue weighted by Crippen LogP contribution is 2.45. The van der Waals surface area contributed by atoms with Gasteiger partial charge in [0, 0.05) is 19.0 Å². The number of nitrogens with zero attached hydrogens (tertiary/aromatic N) is 1. The van der Waals surface area contributed by atoms with Gasteiger partial charge in [-0.3, -0.25) is 4.99 Å². The minimum Gasteiger partial charge on any atom is -0.371 e. The fraction of sp³-hybridized carbons (Fsp3) is 0.933. The Kier molecular flexibility index (Phi) is 3.51. The minimum atomic E-state index is 0.467. The van der Waals surface area contributed by atoms with E-state index in [2.05, 4.69) is 38.0 Å². The van der Waals surface area contributed by atoms with Crippen LogP contribution in [0.15, 0.2) is 4.99 Å². The first kappa shape index (κ1) is 12.9. The Bertz CT molecular complexity index is 286. The third kappa shape index (κ3) is 3.72. The highest BCUT2D eigenvalue weighted by molar-refractivity contribution is 5.82.